The molecular weight excluding hydrogens is 218 g/mol. The number of hydrogen-bond donors (Lipinski definition) is 2. The Kier molecular flexibility index (Phi) is 4.66. The Morgan fingerprint density at radius 3 is 2.41 bits per heavy atom. The molecule has 0 heterocycles. The van der Waals surface area contributed by atoms with Crippen LogP contribution in [0.15, 0.2) is 30.3 Å². The standard InChI is InChI=1S/C12H17N3O2/c1-15(8-11(14)16)12(17)10(13)7-9-5-3-2-4-6-9/h2-6,10H,7-8,13H2,1H3,(H2,14,16). The predicted molar refractivity (Wildman–Crippen MR) is 65.0 cm³/mol. The average Bonchev–Trinajstić information content (AvgIpc) is 2.28. The zero-order valence-electron chi connectivity index (χ0n) is 9.80. The van der Waals surface area contributed by atoms with Crippen LogP contribution in [-0.4, -0.2) is 36.3 Å². The van der Waals surface area contributed by atoms with Gasteiger partial charge in [0.25, 0.3) is 0 Å². The Hall–Kier alpha value is -1.88. The largest absolute Gasteiger partial charge is 0.368 e. The number of rotatable bonds is 5. The van der Waals surface area contributed by atoms with E-state index in [-0.39, 0.29) is 12.5 Å². The number of nitrogens with two attached hydrogens (primary N) is 2. The third-order valence-electron chi connectivity index (χ3n) is 2.38. The summed E-state index contributed by atoms with van der Waals surface area (Å²) in [5.74, 6) is -0.833. The van der Waals surface area contributed by atoms with Gasteiger partial charge in [0.05, 0.1) is 12.6 Å². The van der Waals surface area contributed by atoms with Crippen molar-refractivity contribution >= 4 is 11.8 Å². The van der Waals surface area contributed by atoms with Gasteiger partial charge >= 0.3 is 0 Å². The summed E-state index contributed by atoms with van der Waals surface area (Å²) < 4.78 is 0. The van der Waals surface area contributed by atoms with Crippen molar-refractivity contribution in [3.05, 3.63) is 35.9 Å². The van der Waals surface area contributed by atoms with Crippen LogP contribution in [0.5, 0.6) is 0 Å². The van der Waals surface area contributed by atoms with Crippen LogP contribution in [0, 0.1) is 0 Å². The van der Waals surface area contributed by atoms with Gasteiger partial charge in [-0.15, -0.1) is 0 Å². The first-order valence-electron chi connectivity index (χ1n) is 5.33. The fourth-order valence-electron chi connectivity index (χ4n) is 1.55. The number of primary amides is 1. The summed E-state index contributed by atoms with van der Waals surface area (Å²) in [5, 5.41) is 0. The molecule has 0 aliphatic carbocycles. The minimum Gasteiger partial charge on any atom is -0.368 e. The van der Waals surface area contributed by atoms with Gasteiger partial charge in [-0.05, 0) is 12.0 Å². The van der Waals surface area contributed by atoms with Gasteiger partial charge in [0.1, 0.15) is 0 Å². The van der Waals surface area contributed by atoms with Crippen LogP contribution in [0.1, 0.15) is 5.56 Å². The predicted octanol–water partition coefficient (Wildman–Crippen LogP) is -0.500. The van der Waals surface area contributed by atoms with E-state index >= 15 is 0 Å². The summed E-state index contributed by atoms with van der Waals surface area (Å²) in [6, 6.07) is 8.83. The zero-order valence-corrected chi connectivity index (χ0v) is 9.80. The molecule has 0 aromatic heterocycles. The van der Waals surface area contributed by atoms with Gasteiger partial charge in [0.15, 0.2) is 0 Å². The number of amides is 2. The van der Waals surface area contributed by atoms with Crippen molar-refractivity contribution in [2.24, 2.45) is 11.5 Å². The molecule has 0 spiro atoms. The fourth-order valence-corrected chi connectivity index (χ4v) is 1.55. The minimum absolute atomic E-state index is 0.110. The van der Waals surface area contributed by atoms with E-state index in [9.17, 15) is 9.59 Å². The molecule has 2 amide bonds. The first-order chi connectivity index (χ1) is 8.00. The lowest BCUT2D eigenvalue weighted by Crippen LogP contribution is -2.45. The molecule has 1 atom stereocenters. The van der Waals surface area contributed by atoms with Crippen LogP contribution < -0.4 is 11.5 Å². The molecule has 0 aliphatic rings. The first kappa shape index (κ1) is 13.2. The molecular formula is C12H17N3O2. The Bertz CT molecular complexity index is 392. The van der Waals surface area contributed by atoms with Gasteiger partial charge in [-0.25, -0.2) is 0 Å². The van der Waals surface area contributed by atoms with Crippen molar-refractivity contribution in [1.82, 2.24) is 4.90 Å². The summed E-state index contributed by atoms with van der Waals surface area (Å²) in [6.07, 6.45) is 0.447. The summed E-state index contributed by atoms with van der Waals surface area (Å²) in [6.45, 7) is -0.110. The van der Waals surface area contributed by atoms with Gasteiger partial charge < -0.3 is 16.4 Å². The molecule has 4 N–H and O–H groups in total. The quantitative estimate of drug-likeness (QED) is 0.721. The number of nitrogens with zero attached hydrogens (tertiary/aromatic N) is 1. The van der Waals surface area contributed by atoms with E-state index < -0.39 is 11.9 Å². The Balaban J connectivity index is 2.55. The average molecular weight is 235 g/mol. The molecule has 0 fully saturated rings. The van der Waals surface area contributed by atoms with Crippen LogP contribution in [-0.2, 0) is 16.0 Å². The van der Waals surface area contributed by atoms with Crippen LogP contribution in [0.3, 0.4) is 0 Å². The highest BCUT2D eigenvalue weighted by Crippen LogP contribution is 2.03. The number of hydrogen-bond acceptors (Lipinski definition) is 3. The number of benzene rings is 1. The van der Waals surface area contributed by atoms with Crippen LogP contribution >= 0.6 is 0 Å². The fraction of sp³-hybridized carbons (Fsp3) is 0.333. The monoisotopic (exact) mass is 235 g/mol. The van der Waals surface area contributed by atoms with Crippen molar-refractivity contribution < 1.29 is 9.59 Å². The molecule has 1 unspecified atom stereocenters. The molecule has 0 radical (unpaired) electrons. The van der Waals surface area contributed by atoms with E-state index in [2.05, 4.69) is 0 Å². The van der Waals surface area contributed by atoms with Crippen molar-refractivity contribution in [2.75, 3.05) is 13.6 Å². The molecule has 17 heavy (non-hydrogen) atoms. The molecule has 0 saturated carbocycles. The molecule has 0 saturated heterocycles. The highest BCUT2D eigenvalue weighted by atomic mass is 16.2. The Labute approximate surface area is 100 Å². The lowest BCUT2D eigenvalue weighted by molar-refractivity contribution is -0.134. The molecule has 1 aromatic carbocycles. The van der Waals surface area contributed by atoms with Gasteiger partial charge in [0.2, 0.25) is 11.8 Å². The highest BCUT2D eigenvalue weighted by Gasteiger charge is 2.19. The Morgan fingerprint density at radius 2 is 1.88 bits per heavy atom. The second kappa shape index (κ2) is 6.00. The third kappa shape index (κ3) is 4.24. The first-order valence-corrected chi connectivity index (χ1v) is 5.33. The van der Waals surface area contributed by atoms with E-state index in [1.807, 2.05) is 30.3 Å². The lowest BCUT2D eigenvalue weighted by Gasteiger charge is -2.19. The number of carbonyl (C=O) groups is 2. The van der Waals surface area contributed by atoms with Gasteiger partial charge in [0, 0.05) is 7.05 Å². The molecule has 0 bridgehead atoms. The van der Waals surface area contributed by atoms with Gasteiger partial charge in [-0.2, -0.15) is 0 Å². The van der Waals surface area contributed by atoms with E-state index in [0.29, 0.717) is 6.42 Å². The summed E-state index contributed by atoms with van der Waals surface area (Å²) >= 11 is 0. The lowest BCUT2D eigenvalue weighted by atomic mass is 10.1. The topological polar surface area (TPSA) is 89.4 Å². The van der Waals surface area contributed by atoms with Crippen molar-refractivity contribution in [3.63, 3.8) is 0 Å². The molecule has 1 aromatic rings. The molecule has 5 heteroatoms. The van der Waals surface area contributed by atoms with E-state index in [1.54, 1.807) is 0 Å². The van der Waals surface area contributed by atoms with Gasteiger partial charge in [-0.3, -0.25) is 9.59 Å². The summed E-state index contributed by atoms with van der Waals surface area (Å²) in [4.78, 5) is 23.7. The summed E-state index contributed by atoms with van der Waals surface area (Å²) in [5.41, 5.74) is 11.8. The van der Waals surface area contributed by atoms with E-state index in [4.69, 9.17) is 11.5 Å². The van der Waals surface area contributed by atoms with Crippen molar-refractivity contribution in [3.8, 4) is 0 Å². The van der Waals surface area contributed by atoms with Crippen molar-refractivity contribution in [1.29, 1.82) is 0 Å². The molecule has 5 nitrogen and oxygen atoms in total. The maximum absolute atomic E-state index is 11.8. The van der Waals surface area contributed by atoms with Crippen LogP contribution in [0.2, 0.25) is 0 Å². The maximum Gasteiger partial charge on any atom is 0.240 e. The second-order valence-corrected chi connectivity index (χ2v) is 3.96. The van der Waals surface area contributed by atoms with E-state index in [0.717, 1.165) is 5.56 Å². The maximum atomic E-state index is 11.8. The number of likely N-dealkylation sites (N-methyl/N-ethyl adjacent to an activating group) is 1. The second-order valence-electron chi connectivity index (χ2n) is 3.96. The van der Waals surface area contributed by atoms with Gasteiger partial charge in [-0.1, -0.05) is 30.3 Å². The smallest absolute Gasteiger partial charge is 0.240 e. The highest BCUT2D eigenvalue weighted by molar-refractivity contribution is 5.86. The molecule has 92 valence electrons. The van der Waals surface area contributed by atoms with Crippen LogP contribution in [0.4, 0.5) is 0 Å². The molecule has 0 aliphatic heterocycles. The Morgan fingerprint density at radius 1 is 1.29 bits per heavy atom. The minimum atomic E-state index is -0.651. The third-order valence-corrected chi connectivity index (χ3v) is 2.38. The summed E-state index contributed by atoms with van der Waals surface area (Å²) in [7, 11) is 1.51. The molecule has 1 rings (SSSR count). The van der Waals surface area contributed by atoms with E-state index in [1.165, 1.54) is 11.9 Å². The van der Waals surface area contributed by atoms with Crippen molar-refractivity contribution in [2.45, 2.75) is 12.5 Å². The number of carbonyl (C=O) groups excluding carboxylic acids is 2. The van der Waals surface area contributed by atoms with Crippen LogP contribution in [0.25, 0.3) is 0 Å². The SMILES string of the molecule is CN(CC(N)=O)C(=O)C(N)Cc1ccccc1. The zero-order chi connectivity index (χ0) is 12.8. The normalized spacial score (nSPS) is 11.9.